The van der Waals surface area contributed by atoms with Crippen molar-refractivity contribution in [3.8, 4) is 0 Å². The van der Waals surface area contributed by atoms with Gasteiger partial charge in [-0.1, -0.05) is 12.1 Å². The second-order valence-electron chi connectivity index (χ2n) is 5.31. The molecular weight excluding hydrogens is 361 g/mol. The van der Waals surface area contributed by atoms with Crippen LogP contribution in [-0.2, 0) is 12.6 Å². The fourth-order valence-electron chi connectivity index (χ4n) is 2.30. The molecule has 0 aliphatic heterocycles. The number of hydrogen-bond acceptors (Lipinski definition) is 4. The van der Waals surface area contributed by atoms with Gasteiger partial charge in [-0.2, -0.15) is 13.2 Å². The van der Waals surface area contributed by atoms with E-state index in [0.717, 1.165) is 10.8 Å². The van der Waals surface area contributed by atoms with Gasteiger partial charge in [-0.05, 0) is 12.1 Å². The zero-order valence-corrected chi connectivity index (χ0v) is 14.1. The number of nitrogens with two attached hydrogens (primary N) is 1. The third-order valence-electron chi connectivity index (χ3n) is 3.64. The number of rotatable bonds is 5. The van der Waals surface area contributed by atoms with Crippen LogP contribution in [0.25, 0.3) is 0 Å². The van der Waals surface area contributed by atoms with Gasteiger partial charge >= 0.3 is 6.18 Å². The van der Waals surface area contributed by atoms with Crippen molar-refractivity contribution in [2.75, 3.05) is 12.3 Å². The molecule has 0 aliphatic carbocycles. The lowest BCUT2D eigenvalue weighted by Gasteiger charge is -2.30. The number of carbonyl (C=O) groups is 1. The number of aryl methyl sites for hydroxylation is 1. The number of alkyl halides is 3. The molecule has 1 aromatic heterocycles. The van der Waals surface area contributed by atoms with Crippen LogP contribution in [0, 0.1) is 0 Å². The summed E-state index contributed by atoms with van der Waals surface area (Å²) < 4.78 is 41.1. The lowest BCUT2D eigenvalue weighted by atomic mass is 9.97. The first kappa shape index (κ1) is 20.8. The van der Waals surface area contributed by atoms with Crippen molar-refractivity contribution in [3.05, 3.63) is 48.0 Å². The predicted molar refractivity (Wildman–Crippen MR) is 88.2 cm³/mol. The molecule has 6 nitrogen and oxygen atoms in total. The number of carbonyl (C=O) groups excluding carboxylic acids is 1. The Kier molecular flexibility index (Phi) is 6.44. The quantitative estimate of drug-likeness (QED) is 0.694. The highest BCUT2D eigenvalue weighted by molar-refractivity contribution is 5.99. The van der Waals surface area contributed by atoms with Gasteiger partial charge in [-0.25, -0.2) is 4.98 Å². The number of halogens is 4. The van der Waals surface area contributed by atoms with Gasteiger partial charge in [0.1, 0.15) is 5.82 Å². The molecule has 2 aromatic rings. The Bertz CT molecular complexity index is 736. The normalized spacial score (nSPS) is 13.6. The first-order valence-electron chi connectivity index (χ1n) is 7.06. The van der Waals surface area contributed by atoms with Crippen molar-refractivity contribution >= 4 is 24.0 Å². The van der Waals surface area contributed by atoms with Gasteiger partial charge in [0.05, 0.1) is 5.56 Å². The van der Waals surface area contributed by atoms with Gasteiger partial charge in [0.2, 0.25) is 5.60 Å². The van der Waals surface area contributed by atoms with Crippen LogP contribution in [0.3, 0.4) is 0 Å². The van der Waals surface area contributed by atoms with Crippen molar-refractivity contribution in [2.45, 2.75) is 18.2 Å². The summed E-state index contributed by atoms with van der Waals surface area (Å²) in [6.07, 6.45) is -3.26. The van der Waals surface area contributed by atoms with Crippen LogP contribution >= 0.6 is 12.4 Å². The lowest BCUT2D eigenvalue weighted by molar-refractivity contribution is -0.272. The summed E-state index contributed by atoms with van der Waals surface area (Å²) in [5.41, 5.74) is 2.85. The Morgan fingerprint density at radius 3 is 2.52 bits per heavy atom. The van der Waals surface area contributed by atoms with E-state index in [1.807, 2.05) is 0 Å². The molecule has 25 heavy (non-hydrogen) atoms. The van der Waals surface area contributed by atoms with Crippen molar-refractivity contribution < 1.29 is 23.1 Å². The zero-order valence-electron chi connectivity index (χ0n) is 13.2. The number of amides is 1. The molecule has 1 aromatic carbocycles. The van der Waals surface area contributed by atoms with Crippen LogP contribution in [0.2, 0.25) is 0 Å². The Balaban J connectivity index is 0.00000312. The van der Waals surface area contributed by atoms with E-state index in [4.69, 9.17) is 5.73 Å². The van der Waals surface area contributed by atoms with Gasteiger partial charge in [-0.15, -0.1) is 12.4 Å². The highest BCUT2D eigenvalue weighted by Crippen LogP contribution is 2.40. The Morgan fingerprint density at radius 1 is 1.36 bits per heavy atom. The number of anilines is 1. The third kappa shape index (κ3) is 4.23. The number of nitrogen functional groups attached to an aromatic ring is 1. The van der Waals surface area contributed by atoms with Crippen LogP contribution < -0.4 is 11.1 Å². The van der Waals surface area contributed by atoms with E-state index in [1.54, 1.807) is 12.1 Å². The molecule has 0 bridgehead atoms. The minimum atomic E-state index is -4.94. The topological polar surface area (TPSA) is 93.2 Å². The number of nitrogens with zero attached hydrogens (tertiary/aromatic N) is 2. The average molecular weight is 379 g/mol. The largest absolute Gasteiger partial charge is 0.424 e. The van der Waals surface area contributed by atoms with Gasteiger partial charge < -0.3 is 20.7 Å². The molecule has 0 saturated heterocycles. The molecule has 10 heteroatoms. The predicted octanol–water partition coefficient (Wildman–Crippen LogP) is 1.99. The van der Waals surface area contributed by atoms with Gasteiger partial charge in [0, 0.05) is 38.1 Å². The molecular formula is C15H18ClF3N4O2. The highest BCUT2D eigenvalue weighted by atomic mass is 35.5. The Morgan fingerprint density at radius 2 is 2.00 bits per heavy atom. The number of para-hydroxylation sites is 1. The Labute approximate surface area is 148 Å². The maximum atomic E-state index is 13.3. The van der Waals surface area contributed by atoms with Crippen LogP contribution in [0.1, 0.15) is 22.6 Å². The smallest absolute Gasteiger partial charge is 0.398 e. The van der Waals surface area contributed by atoms with Crippen LogP contribution in [-0.4, -0.2) is 33.3 Å². The van der Waals surface area contributed by atoms with Crippen LogP contribution in [0.4, 0.5) is 18.9 Å². The molecule has 1 amide bonds. The summed E-state index contributed by atoms with van der Waals surface area (Å²) >= 11 is 0. The molecule has 1 atom stereocenters. The number of hydrogen-bond donors (Lipinski definition) is 3. The summed E-state index contributed by atoms with van der Waals surface area (Å²) in [4.78, 5) is 15.6. The van der Waals surface area contributed by atoms with Gasteiger partial charge in [-0.3, -0.25) is 4.79 Å². The van der Waals surface area contributed by atoms with Crippen molar-refractivity contribution in [1.82, 2.24) is 14.9 Å². The molecule has 4 N–H and O–H groups in total. The second kappa shape index (κ2) is 7.75. The summed E-state index contributed by atoms with van der Waals surface area (Å²) in [5, 5.41) is 12.5. The number of aromatic nitrogens is 2. The monoisotopic (exact) mass is 378 g/mol. The molecule has 0 saturated carbocycles. The molecule has 0 radical (unpaired) electrons. The van der Waals surface area contributed by atoms with Gasteiger partial charge in [0.15, 0.2) is 0 Å². The number of benzene rings is 1. The minimum absolute atomic E-state index is 0. The maximum absolute atomic E-state index is 13.3. The molecule has 1 heterocycles. The standard InChI is InChI=1S/C15H17F3N4O2.ClH/c1-22-9-8-21-13(22)14(24,15(16,17)18)6-7-20-12(23)10-4-2-3-5-11(10)19;/h2-5,8-9,24H,6-7,19H2,1H3,(H,20,23);1H. The fourth-order valence-corrected chi connectivity index (χ4v) is 2.30. The van der Waals surface area contributed by atoms with E-state index >= 15 is 0 Å². The average Bonchev–Trinajstić information content (AvgIpc) is 2.92. The van der Waals surface area contributed by atoms with Crippen molar-refractivity contribution in [1.29, 1.82) is 0 Å². The highest BCUT2D eigenvalue weighted by Gasteiger charge is 2.57. The summed E-state index contributed by atoms with van der Waals surface area (Å²) in [6, 6.07) is 6.19. The van der Waals surface area contributed by atoms with E-state index < -0.39 is 36.5 Å². The number of imidazole rings is 1. The van der Waals surface area contributed by atoms with E-state index in [-0.39, 0.29) is 23.7 Å². The molecule has 0 fully saturated rings. The Hall–Kier alpha value is -2.26. The maximum Gasteiger partial charge on any atom is 0.424 e. The summed E-state index contributed by atoms with van der Waals surface area (Å²) in [5.74, 6) is -1.15. The van der Waals surface area contributed by atoms with E-state index in [0.29, 0.717) is 0 Å². The number of aliphatic hydroxyl groups is 1. The van der Waals surface area contributed by atoms with E-state index in [2.05, 4.69) is 10.3 Å². The molecule has 0 spiro atoms. The van der Waals surface area contributed by atoms with Crippen LogP contribution in [0.15, 0.2) is 36.7 Å². The number of nitrogens with one attached hydrogen (secondary N) is 1. The fraction of sp³-hybridized carbons (Fsp3) is 0.333. The second-order valence-corrected chi connectivity index (χ2v) is 5.31. The van der Waals surface area contributed by atoms with Crippen molar-refractivity contribution in [2.24, 2.45) is 7.05 Å². The lowest BCUT2D eigenvalue weighted by Crippen LogP contribution is -2.46. The van der Waals surface area contributed by atoms with Gasteiger partial charge in [0.25, 0.3) is 5.91 Å². The van der Waals surface area contributed by atoms with Crippen molar-refractivity contribution in [3.63, 3.8) is 0 Å². The van der Waals surface area contributed by atoms with E-state index in [9.17, 15) is 23.1 Å². The van der Waals surface area contributed by atoms with E-state index in [1.165, 1.54) is 25.4 Å². The first-order chi connectivity index (χ1) is 11.2. The SMILES string of the molecule is Cl.Cn1ccnc1C(O)(CCNC(=O)c1ccccc1N)C(F)(F)F. The third-order valence-corrected chi connectivity index (χ3v) is 3.64. The summed E-state index contributed by atoms with van der Waals surface area (Å²) in [6.45, 7) is -0.407. The zero-order chi connectivity index (χ0) is 18.0. The molecule has 2 rings (SSSR count). The van der Waals surface area contributed by atoms with Crippen LogP contribution in [0.5, 0.6) is 0 Å². The molecule has 1 unspecified atom stereocenters. The molecule has 0 aliphatic rings. The minimum Gasteiger partial charge on any atom is -0.398 e. The molecule has 138 valence electrons. The summed E-state index contributed by atoms with van der Waals surface area (Å²) in [7, 11) is 1.35. The first-order valence-corrected chi connectivity index (χ1v) is 7.06.